The van der Waals surface area contributed by atoms with Crippen LogP contribution in [0.2, 0.25) is 0 Å². The van der Waals surface area contributed by atoms with Crippen LogP contribution in [-0.4, -0.2) is 52.0 Å². The number of esters is 1. The number of nitrogens with zero attached hydrogens (tertiary/aromatic N) is 1. The highest BCUT2D eigenvalue weighted by molar-refractivity contribution is 6.09. The summed E-state index contributed by atoms with van der Waals surface area (Å²) < 4.78 is 60.8. The first-order chi connectivity index (χ1) is 18.6. The maximum Gasteiger partial charge on any atom is 0.416 e. The number of methoxy groups -OCH3 is 3. The Kier molecular flexibility index (Phi) is 8.44. The first kappa shape index (κ1) is 28.4. The van der Waals surface area contributed by atoms with Crippen LogP contribution in [0.3, 0.4) is 0 Å². The van der Waals surface area contributed by atoms with Gasteiger partial charge in [0.25, 0.3) is 0 Å². The molecule has 208 valence electrons. The van der Waals surface area contributed by atoms with Crippen molar-refractivity contribution >= 4 is 17.5 Å². The van der Waals surface area contributed by atoms with Gasteiger partial charge >= 0.3 is 12.1 Å². The van der Waals surface area contributed by atoms with Crippen molar-refractivity contribution in [2.75, 3.05) is 34.5 Å². The molecule has 0 fully saturated rings. The lowest BCUT2D eigenvalue weighted by Gasteiger charge is -2.36. The molecule has 3 atom stereocenters. The topological polar surface area (TPSA) is 83.4 Å². The van der Waals surface area contributed by atoms with Crippen molar-refractivity contribution in [1.82, 2.24) is 0 Å². The van der Waals surface area contributed by atoms with E-state index in [1.807, 2.05) is 12.1 Å². The summed E-state index contributed by atoms with van der Waals surface area (Å²) in [6.45, 7) is 1.85. The van der Waals surface area contributed by atoms with Gasteiger partial charge in [-0.3, -0.25) is 14.6 Å². The smallest absolute Gasteiger partial charge is 0.416 e. The van der Waals surface area contributed by atoms with Crippen LogP contribution < -0.4 is 9.47 Å². The maximum atomic E-state index is 13.7. The number of aliphatic imine (C=N–C) groups is 1. The fourth-order valence-corrected chi connectivity index (χ4v) is 5.26. The number of rotatable bonds is 8. The first-order valence-corrected chi connectivity index (χ1v) is 12.4. The molecule has 2 aromatic rings. The number of ether oxygens (including phenoxy) is 4. The predicted octanol–water partition coefficient (Wildman–Crippen LogP) is 5.49. The van der Waals surface area contributed by atoms with Gasteiger partial charge in [0.05, 0.1) is 26.4 Å². The second-order valence-corrected chi connectivity index (χ2v) is 9.49. The fourth-order valence-electron chi connectivity index (χ4n) is 5.26. The van der Waals surface area contributed by atoms with Crippen LogP contribution in [0.4, 0.5) is 13.2 Å². The Bertz CT molecular complexity index is 1300. The van der Waals surface area contributed by atoms with Gasteiger partial charge in [0.15, 0.2) is 17.3 Å². The average molecular weight is 546 g/mol. The lowest BCUT2D eigenvalue weighted by Crippen LogP contribution is -2.38. The Morgan fingerprint density at radius 2 is 1.62 bits per heavy atom. The highest BCUT2D eigenvalue weighted by Crippen LogP contribution is 2.48. The molecule has 0 N–H and O–H groups in total. The van der Waals surface area contributed by atoms with Crippen LogP contribution in [-0.2, 0) is 25.2 Å². The summed E-state index contributed by atoms with van der Waals surface area (Å²) in [6.07, 6.45) is -3.96. The summed E-state index contributed by atoms with van der Waals surface area (Å²) in [5, 5.41) is 0. The molecule has 1 aliphatic carbocycles. The third kappa shape index (κ3) is 5.85. The van der Waals surface area contributed by atoms with Crippen molar-refractivity contribution in [2.45, 2.75) is 37.8 Å². The van der Waals surface area contributed by atoms with Crippen LogP contribution in [0.1, 0.15) is 48.3 Å². The molecule has 4 rings (SSSR count). The third-order valence-electron chi connectivity index (χ3n) is 7.15. The van der Waals surface area contributed by atoms with Crippen molar-refractivity contribution in [3.05, 3.63) is 70.4 Å². The summed E-state index contributed by atoms with van der Waals surface area (Å²) in [6, 6.07) is 10.0. The van der Waals surface area contributed by atoms with Gasteiger partial charge in [-0.15, -0.1) is 0 Å². The van der Waals surface area contributed by atoms with E-state index in [0.29, 0.717) is 40.5 Å². The van der Waals surface area contributed by atoms with Crippen LogP contribution in [0.25, 0.3) is 0 Å². The van der Waals surface area contributed by atoms with Crippen LogP contribution >= 0.6 is 0 Å². The van der Waals surface area contributed by atoms with Gasteiger partial charge < -0.3 is 18.9 Å². The fraction of sp³-hybridized carbons (Fsp3) is 0.414. The van der Waals surface area contributed by atoms with E-state index in [4.69, 9.17) is 18.9 Å². The highest BCUT2D eigenvalue weighted by Gasteiger charge is 2.45. The summed E-state index contributed by atoms with van der Waals surface area (Å²) in [7, 11) is 4.54. The lowest BCUT2D eigenvalue weighted by molar-refractivity contribution is -0.148. The number of allylic oxidation sites excluding steroid dienone is 2. The minimum Gasteiger partial charge on any atom is -0.493 e. The van der Waals surface area contributed by atoms with E-state index in [1.54, 1.807) is 13.0 Å². The molecular formula is C29H30F3NO6. The zero-order valence-corrected chi connectivity index (χ0v) is 22.1. The Morgan fingerprint density at radius 1 is 0.949 bits per heavy atom. The first-order valence-electron chi connectivity index (χ1n) is 12.4. The van der Waals surface area contributed by atoms with E-state index in [-0.39, 0.29) is 31.3 Å². The Morgan fingerprint density at radius 3 is 2.23 bits per heavy atom. The molecule has 1 heterocycles. The van der Waals surface area contributed by atoms with E-state index >= 15 is 0 Å². The average Bonchev–Trinajstić information content (AvgIpc) is 2.91. The van der Waals surface area contributed by atoms with Crippen molar-refractivity contribution < 1.29 is 41.7 Å². The van der Waals surface area contributed by atoms with Crippen molar-refractivity contribution in [2.24, 2.45) is 10.9 Å². The molecule has 0 aromatic heterocycles. The normalized spacial score (nSPS) is 21.3. The summed E-state index contributed by atoms with van der Waals surface area (Å²) >= 11 is 0. The van der Waals surface area contributed by atoms with E-state index in [0.717, 1.165) is 17.7 Å². The predicted molar refractivity (Wildman–Crippen MR) is 137 cm³/mol. The maximum absolute atomic E-state index is 13.7. The molecule has 0 saturated carbocycles. The molecule has 0 radical (unpaired) electrons. The standard InChI is InChI=1S/C29H30F3NO6/c1-16-25(28(35)39-12-11-36-2)26(17-5-8-20(9-6-17)29(30,31)32)27-21(33-16)13-19(14-22(27)34)18-7-10-23(37-3)24(15-18)38-4/h5-10,15,19,25-26H,11-14H2,1-4H3/t19-,25?,26+/m0/s1. The number of carbonyl (C=O) groups excluding carboxylic acids is 2. The summed E-state index contributed by atoms with van der Waals surface area (Å²) in [5.74, 6) is -1.72. The van der Waals surface area contributed by atoms with Gasteiger partial charge in [-0.05, 0) is 54.7 Å². The van der Waals surface area contributed by atoms with Crippen LogP contribution in [0.15, 0.2) is 58.7 Å². The van der Waals surface area contributed by atoms with Gasteiger partial charge in [0.1, 0.15) is 12.5 Å². The van der Waals surface area contributed by atoms with Gasteiger partial charge in [-0.25, -0.2) is 0 Å². The van der Waals surface area contributed by atoms with Gasteiger partial charge in [-0.2, -0.15) is 13.2 Å². The molecule has 0 spiro atoms. The van der Waals surface area contributed by atoms with Crippen LogP contribution in [0.5, 0.6) is 11.5 Å². The van der Waals surface area contributed by atoms with Gasteiger partial charge in [-0.1, -0.05) is 18.2 Å². The molecule has 39 heavy (non-hydrogen) atoms. The molecule has 0 amide bonds. The summed E-state index contributed by atoms with van der Waals surface area (Å²) in [5.41, 5.74) is 1.76. The Hall–Kier alpha value is -3.66. The molecule has 7 nitrogen and oxygen atoms in total. The Labute approximate surface area is 224 Å². The quantitative estimate of drug-likeness (QED) is 0.322. The SMILES string of the molecule is COCCOC(=O)C1C(C)=NC2=C(C(=O)C[C@@H](c3ccc(OC)c(OC)c3)C2)[C@@H]1c1ccc(C(F)(F)F)cc1. The number of alkyl halides is 3. The minimum atomic E-state index is -4.52. The summed E-state index contributed by atoms with van der Waals surface area (Å²) in [4.78, 5) is 31.6. The second-order valence-electron chi connectivity index (χ2n) is 9.49. The molecule has 2 aliphatic rings. The molecule has 0 saturated heterocycles. The zero-order valence-electron chi connectivity index (χ0n) is 22.1. The minimum absolute atomic E-state index is 0.0000721. The number of carbonyl (C=O) groups is 2. The van der Waals surface area contributed by atoms with E-state index in [9.17, 15) is 22.8 Å². The molecule has 10 heteroatoms. The third-order valence-corrected chi connectivity index (χ3v) is 7.15. The number of halogens is 3. The molecule has 1 unspecified atom stereocenters. The number of benzene rings is 2. The van der Waals surface area contributed by atoms with Gasteiger partial charge in [0.2, 0.25) is 0 Å². The second kappa shape index (κ2) is 11.6. The van der Waals surface area contributed by atoms with Crippen molar-refractivity contribution in [3.63, 3.8) is 0 Å². The lowest BCUT2D eigenvalue weighted by atomic mass is 9.69. The molecular weight excluding hydrogens is 515 g/mol. The number of ketones is 1. The van der Waals surface area contributed by atoms with Crippen molar-refractivity contribution in [3.8, 4) is 11.5 Å². The number of hydrogen-bond acceptors (Lipinski definition) is 7. The van der Waals surface area contributed by atoms with Gasteiger partial charge in [0, 0.05) is 36.4 Å². The molecule has 2 aromatic carbocycles. The monoisotopic (exact) mass is 545 g/mol. The highest BCUT2D eigenvalue weighted by atomic mass is 19.4. The Balaban J connectivity index is 1.75. The van der Waals surface area contributed by atoms with E-state index in [2.05, 4.69) is 4.99 Å². The number of hydrogen-bond donors (Lipinski definition) is 0. The number of Topliss-reactive ketones (excluding diaryl/α,β-unsaturated/α-hetero) is 1. The zero-order chi connectivity index (χ0) is 28.3. The van der Waals surface area contributed by atoms with Crippen molar-refractivity contribution in [1.29, 1.82) is 0 Å². The van der Waals surface area contributed by atoms with E-state index in [1.165, 1.54) is 33.5 Å². The largest absolute Gasteiger partial charge is 0.493 e. The molecule has 1 aliphatic heterocycles. The van der Waals surface area contributed by atoms with E-state index < -0.39 is 29.5 Å². The van der Waals surface area contributed by atoms with Crippen LogP contribution in [0, 0.1) is 5.92 Å². The molecule has 0 bridgehead atoms.